The quantitative estimate of drug-likeness (QED) is 0.747. The molecule has 0 spiro atoms. The third kappa shape index (κ3) is 2.78. The molecule has 2 rings (SSSR count). The smallest absolute Gasteiger partial charge is 0.178 e. The van der Waals surface area contributed by atoms with E-state index in [1.54, 1.807) is 6.08 Å². The summed E-state index contributed by atoms with van der Waals surface area (Å²) in [5.74, 6) is 0. The molecule has 0 bridgehead atoms. The van der Waals surface area contributed by atoms with Crippen LogP contribution in [-0.2, 0) is 16.1 Å². The second-order valence-electron chi connectivity index (χ2n) is 3.42. The summed E-state index contributed by atoms with van der Waals surface area (Å²) in [7, 11) is 0. The molecule has 15 heavy (non-hydrogen) atoms. The minimum atomic E-state index is -0.224. The molecule has 0 amide bonds. The lowest BCUT2D eigenvalue weighted by molar-refractivity contribution is -0.0999. The van der Waals surface area contributed by atoms with E-state index in [-0.39, 0.29) is 6.29 Å². The second-order valence-corrected chi connectivity index (χ2v) is 3.42. The van der Waals surface area contributed by atoms with Gasteiger partial charge in [0.15, 0.2) is 6.29 Å². The fraction of sp³-hybridized carbons (Fsp3) is 0.231. The van der Waals surface area contributed by atoms with Gasteiger partial charge in [0.2, 0.25) is 0 Å². The van der Waals surface area contributed by atoms with Gasteiger partial charge in [-0.2, -0.15) is 0 Å². The van der Waals surface area contributed by atoms with Crippen molar-refractivity contribution in [1.82, 2.24) is 0 Å². The maximum absolute atomic E-state index is 5.57. The van der Waals surface area contributed by atoms with Gasteiger partial charge in [0, 0.05) is 0 Å². The van der Waals surface area contributed by atoms with E-state index in [1.165, 1.54) is 0 Å². The predicted molar refractivity (Wildman–Crippen MR) is 59.3 cm³/mol. The second kappa shape index (κ2) is 4.91. The van der Waals surface area contributed by atoms with Gasteiger partial charge in [-0.25, -0.2) is 0 Å². The topological polar surface area (TPSA) is 18.5 Å². The van der Waals surface area contributed by atoms with Crippen LogP contribution in [0, 0.1) is 0 Å². The van der Waals surface area contributed by atoms with Crippen LogP contribution in [0.2, 0.25) is 0 Å². The molecule has 0 aromatic heterocycles. The lowest BCUT2D eigenvalue weighted by Crippen LogP contribution is -2.09. The Bertz CT molecular complexity index is 354. The Hall–Kier alpha value is -1.38. The van der Waals surface area contributed by atoms with Crippen LogP contribution in [0.5, 0.6) is 0 Å². The Kier molecular flexibility index (Phi) is 3.33. The molecule has 0 N–H and O–H groups in total. The highest BCUT2D eigenvalue weighted by Crippen LogP contribution is 2.15. The van der Waals surface area contributed by atoms with Gasteiger partial charge >= 0.3 is 0 Å². The molecular formula is C13H14O2. The molecule has 78 valence electrons. The van der Waals surface area contributed by atoms with Crippen molar-refractivity contribution in [2.75, 3.05) is 6.61 Å². The van der Waals surface area contributed by atoms with E-state index in [0.29, 0.717) is 13.2 Å². The van der Waals surface area contributed by atoms with Gasteiger partial charge in [-0.1, -0.05) is 43.0 Å². The van der Waals surface area contributed by atoms with E-state index >= 15 is 0 Å². The summed E-state index contributed by atoms with van der Waals surface area (Å²) < 4.78 is 11.0. The molecule has 2 nitrogen and oxygen atoms in total. The van der Waals surface area contributed by atoms with Gasteiger partial charge in [-0.15, -0.1) is 0 Å². The summed E-state index contributed by atoms with van der Waals surface area (Å²) >= 11 is 0. The van der Waals surface area contributed by atoms with Crippen LogP contribution in [0.4, 0.5) is 0 Å². The summed E-state index contributed by atoms with van der Waals surface area (Å²) in [4.78, 5) is 0. The van der Waals surface area contributed by atoms with Crippen molar-refractivity contribution in [3.05, 3.63) is 60.2 Å². The molecule has 0 saturated heterocycles. The molecule has 1 atom stereocenters. The minimum Gasteiger partial charge on any atom is -0.344 e. The van der Waals surface area contributed by atoms with Crippen LogP contribution in [-0.4, -0.2) is 12.9 Å². The van der Waals surface area contributed by atoms with Gasteiger partial charge in [-0.3, -0.25) is 0 Å². The number of hydrogen-bond donors (Lipinski definition) is 0. The highest BCUT2D eigenvalue weighted by atomic mass is 16.7. The van der Waals surface area contributed by atoms with E-state index in [2.05, 4.69) is 6.58 Å². The van der Waals surface area contributed by atoms with Gasteiger partial charge in [-0.05, 0) is 17.2 Å². The predicted octanol–water partition coefficient (Wildman–Crippen LogP) is 2.67. The molecule has 0 unspecified atom stereocenters. The number of rotatable bonds is 4. The van der Waals surface area contributed by atoms with E-state index in [0.717, 1.165) is 11.1 Å². The summed E-state index contributed by atoms with van der Waals surface area (Å²) in [6.45, 7) is 4.87. The highest BCUT2D eigenvalue weighted by molar-refractivity contribution is 5.21. The van der Waals surface area contributed by atoms with Crippen molar-refractivity contribution in [1.29, 1.82) is 0 Å². The van der Waals surface area contributed by atoms with Crippen LogP contribution in [0.3, 0.4) is 0 Å². The Balaban J connectivity index is 1.85. The first-order valence-electron chi connectivity index (χ1n) is 4.99. The third-order valence-corrected chi connectivity index (χ3v) is 2.28. The van der Waals surface area contributed by atoms with Crippen molar-refractivity contribution in [3.8, 4) is 0 Å². The number of hydrogen-bond acceptors (Lipinski definition) is 2. The zero-order chi connectivity index (χ0) is 10.5. The van der Waals surface area contributed by atoms with E-state index in [1.807, 2.05) is 36.4 Å². The molecule has 1 aromatic rings. The standard InChI is InChI=1S/C13H14O2/c1-2-11-8-13(14-9-11)15-10-12-6-4-3-5-7-12/h2-8,13H,1,9-10H2/t13-/m1/s1. The summed E-state index contributed by atoms with van der Waals surface area (Å²) in [6.07, 6.45) is 3.53. The van der Waals surface area contributed by atoms with Crippen molar-refractivity contribution < 1.29 is 9.47 Å². The van der Waals surface area contributed by atoms with Gasteiger partial charge in [0.25, 0.3) is 0 Å². The van der Waals surface area contributed by atoms with Crippen molar-refractivity contribution in [2.45, 2.75) is 12.9 Å². The highest BCUT2D eigenvalue weighted by Gasteiger charge is 2.14. The SMILES string of the molecule is C=CC1=C[C@@H](OCc2ccccc2)OC1. The van der Waals surface area contributed by atoms with E-state index in [4.69, 9.17) is 9.47 Å². The Morgan fingerprint density at radius 1 is 1.40 bits per heavy atom. The molecule has 0 radical (unpaired) electrons. The molecule has 2 heteroatoms. The molecule has 1 aliphatic heterocycles. The zero-order valence-electron chi connectivity index (χ0n) is 8.56. The zero-order valence-corrected chi connectivity index (χ0v) is 8.56. The van der Waals surface area contributed by atoms with Crippen LogP contribution in [0.1, 0.15) is 5.56 Å². The maximum atomic E-state index is 5.57. The Morgan fingerprint density at radius 2 is 2.20 bits per heavy atom. The van der Waals surface area contributed by atoms with E-state index < -0.39 is 0 Å². The largest absolute Gasteiger partial charge is 0.344 e. The normalized spacial score (nSPS) is 20.0. The van der Waals surface area contributed by atoms with Gasteiger partial charge < -0.3 is 9.47 Å². The van der Waals surface area contributed by atoms with Crippen molar-refractivity contribution in [3.63, 3.8) is 0 Å². The average Bonchev–Trinajstić information content (AvgIpc) is 2.76. The van der Waals surface area contributed by atoms with Crippen LogP contribution < -0.4 is 0 Å². The summed E-state index contributed by atoms with van der Waals surface area (Å²) in [5, 5.41) is 0. The average molecular weight is 202 g/mol. The van der Waals surface area contributed by atoms with Crippen molar-refractivity contribution >= 4 is 0 Å². The van der Waals surface area contributed by atoms with Crippen LogP contribution >= 0.6 is 0 Å². The molecule has 0 fully saturated rings. The molecule has 1 aromatic carbocycles. The lowest BCUT2D eigenvalue weighted by Gasteiger charge is -2.09. The maximum Gasteiger partial charge on any atom is 0.178 e. The summed E-state index contributed by atoms with van der Waals surface area (Å²) in [6, 6.07) is 10.1. The fourth-order valence-corrected chi connectivity index (χ4v) is 1.43. The Morgan fingerprint density at radius 3 is 2.87 bits per heavy atom. The minimum absolute atomic E-state index is 0.224. The third-order valence-electron chi connectivity index (χ3n) is 2.28. The van der Waals surface area contributed by atoms with Gasteiger partial charge in [0.1, 0.15) is 0 Å². The first-order chi connectivity index (χ1) is 7.38. The Labute approximate surface area is 89.8 Å². The van der Waals surface area contributed by atoms with Crippen molar-refractivity contribution in [2.24, 2.45) is 0 Å². The number of ether oxygens (including phenoxy) is 2. The van der Waals surface area contributed by atoms with Gasteiger partial charge in [0.05, 0.1) is 13.2 Å². The molecular weight excluding hydrogens is 188 g/mol. The lowest BCUT2D eigenvalue weighted by atomic mass is 10.2. The molecule has 1 aliphatic rings. The first kappa shape index (κ1) is 10.1. The number of benzene rings is 1. The molecule has 0 aliphatic carbocycles. The monoisotopic (exact) mass is 202 g/mol. The first-order valence-corrected chi connectivity index (χ1v) is 4.99. The molecule has 0 saturated carbocycles. The molecule has 1 heterocycles. The van der Waals surface area contributed by atoms with E-state index in [9.17, 15) is 0 Å². The van der Waals surface area contributed by atoms with Crippen LogP contribution in [0.25, 0.3) is 0 Å². The van der Waals surface area contributed by atoms with Crippen LogP contribution in [0.15, 0.2) is 54.6 Å². The fourth-order valence-electron chi connectivity index (χ4n) is 1.43. The summed E-state index contributed by atoms with van der Waals surface area (Å²) in [5.41, 5.74) is 2.25.